The minimum Gasteiger partial charge on any atom is -0.378 e. The highest BCUT2D eigenvalue weighted by atomic mass is 14.9. The Hall–Kier alpha value is -1.76. The third-order valence-electron chi connectivity index (χ3n) is 3.96. The zero-order valence-electron chi connectivity index (χ0n) is 11.7. The lowest BCUT2D eigenvalue weighted by atomic mass is 10.0. The molecule has 3 rings (SSSR count). The van der Waals surface area contributed by atoms with E-state index in [0.29, 0.717) is 6.04 Å². The molecule has 0 spiro atoms. The lowest BCUT2D eigenvalue weighted by Gasteiger charge is -2.21. The van der Waals surface area contributed by atoms with E-state index < -0.39 is 0 Å². The first kappa shape index (κ1) is 12.3. The fraction of sp³-hybridized carbons (Fsp3) is 0.333. The van der Waals surface area contributed by atoms with Crippen molar-refractivity contribution in [3.05, 3.63) is 65.2 Å². The van der Waals surface area contributed by atoms with Gasteiger partial charge in [-0.2, -0.15) is 0 Å². The molecule has 98 valence electrons. The zero-order chi connectivity index (χ0) is 13.2. The highest BCUT2D eigenvalue weighted by Crippen LogP contribution is 2.43. The molecule has 1 N–H and O–H groups in total. The molecule has 1 saturated carbocycles. The predicted molar refractivity (Wildman–Crippen MR) is 81.4 cm³/mol. The van der Waals surface area contributed by atoms with Crippen LogP contribution in [0.2, 0.25) is 0 Å². The fourth-order valence-electron chi connectivity index (χ4n) is 2.62. The topological polar surface area (TPSA) is 12.0 Å². The lowest BCUT2D eigenvalue weighted by Crippen LogP contribution is -2.13. The zero-order valence-corrected chi connectivity index (χ0v) is 11.7. The average molecular weight is 251 g/mol. The molecular formula is C18H21N. The van der Waals surface area contributed by atoms with Crippen molar-refractivity contribution in [1.82, 2.24) is 0 Å². The Kier molecular flexibility index (Phi) is 3.29. The van der Waals surface area contributed by atoms with Crippen LogP contribution in [0.1, 0.15) is 35.6 Å². The molecule has 0 aliphatic heterocycles. The molecule has 0 radical (unpaired) electrons. The molecule has 2 aromatic rings. The summed E-state index contributed by atoms with van der Waals surface area (Å²) >= 11 is 0. The van der Waals surface area contributed by atoms with Gasteiger partial charge in [0.05, 0.1) is 6.04 Å². The summed E-state index contributed by atoms with van der Waals surface area (Å²) in [5, 5.41) is 3.77. The molecule has 0 saturated heterocycles. The summed E-state index contributed by atoms with van der Waals surface area (Å²) in [5.74, 6) is 0.794. The second-order valence-corrected chi connectivity index (χ2v) is 5.69. The van der Waals surface area contributed by atoms with Gasteiger partial charge in [0.25, 0.3) is 0 Å². The van der Waals surface area contributed by atoms with E-state index in [2.05, 4.69) is 67.7 Å². The normalized spacial score (nSPS) is 16.1. The van der Waals surface area contributed by atoms with E-state index in [0.717, 1.165) is 5.92 Å². The van der Waals surface area contributed by atoms with Crippen LogP contribution in [0.4, 0.5) is 5.69 Å². The van der Waals surface area contributed by atoms with E-state index in [1.165, 1.54) is 35.2 Å². The summed E-state index contributed by atoms with van der Waals surface area (Å²) in [6, 6.07) is 17.9. The number of hydrogen-bond donors (Lipinski definition) is 1. The van der Waals surface area contributed by atoms with Crippen LogP contribution in [-0.2, 0) is 0 Å². The Bertz CT molecular complexity index is 555. The molecular weight excluding hydrogens is 230 g/mol. The van der Waals surface area contributed by atoms with E-state index in [4.69, 9.17) is 0 Å². The summed E-state index contributed by atoms with van der Waals surface area (Å²) in [6.07, 6.45) is 2.69. The molecule has 1 aliphatic rings. The maximum atomic E-state index is 3.77. The first-order valence-electron chi connectivity index (χ1n) is 7.13. The number of hydrogen-bond acceptors (Lipinski definition) is 1. The van der Waals surface area contributed by atoms with Gasteiger partial charge in [-0.05, 0) is 55.4 Å². The molecule has 1 aliphatic carbocycles. The smallest absolute Gasteiger partial charge is 0.0542 e. The van der Waals surface area contributed by atoms with Crippen molar-refractivity contribution in [3.8, 4) is 0 Å². The van der Waals surface area contributed by atoms with Crippen LogP contribution in [-0.4, -0.2) is 0 Å². The van der Waals surface area contributed by atoms with Crippen molar-refractivity contribution in [3.63, 3.8) is 0 Å². The van der Waals surface area contributed by atoms with E-state index in [1.807, 2.05) is 0 Å². The van der Waals surface area contributed by atoms with Gasteiger partial charge in [-0.1, -0.05) is 42.5 Å². The van der Waals surface area contributed by atoms with E-state index >= 15 is 0 Å². The molecule has 1 atom stereocenters. The second-order valence-electron chi connectivity index (χ2n) is 5.69. The van der Waals surface area contributed by atoms with Gasteiger partial charge in [-0.3, -0.25) is 0 Å². The van der Waals surface area contributed by atoms with E-state index in [9.17, 15) is 0 Å². The summed E-state index contributed by atoms with van der Waals surface area (Å²) in [5.41, 5.74) is 5.33. The maximum absolute atomic E-state index is 3.77. The van der Waals surface area contributed by atoms with E-state index in [1.54, 1.807) is 0 Å². The predicted octanol–water partition coefficient (Wildman–Crippen LogP) is 4.87. The standard InChI is InChI=1S/C18H21N/c1-13-8-9-14(2)17(12-13)19-18(16-10-11-16)15-6-4-3-5-7-15/h3-9,12,16,18-19H,10-11H2,1-2H3. The SMILES string of the molecule is Cc1ccc(C)c(NC(c2ccccc2)C2CC2)c1. The molecule has 19 heavy (non-hydrogen) atoms. The van der Waals surface area contributed by atoms with Gasteiger partial charge in [0.15, 0.2) is 0 Å². The minimum absolute atomic E-state index is 0.460. The molecule has 0 bridgehead atoms. The Morgan fingerprint density at radius 3 is 2.42 bits per heavy atom. The maximum Gasteiger partial charge on any atom is 0.0542 e. The van der Waals surface area contributed by atoms with Gasteiger partial charge in [-0.15, -0.1) is 0 Å². The fourth-order valence-corrected chi connectivity index (χ4v) is 2.62. The largest absolute Gasteiger partial charge is 0.378 e. The van der Waals surface area contributed by atoms with Gasteiger partial charge in [0, 0.05) is 5.69 Å². The summed E-state index contributed by atoms with van der Waals surface area (Å²) in [6.45, 7) is 4.33. The van der Waals surface area contributed by atoms with Gasteiger partial charge in [0.2, 0.25) is 0 Å². The van der Waals surface area contributed by atoms with Gasteiger partial charge >= 0.3 is 0 Å². The Morgan fingerprint density at radius 2 is 1.74 bits per heavy atom. The highest BCUT2D eigenvalue weighted by molar-refractivity contribution is 5.54. The average Bonchev–Trinajstić information content (AvgIpc) is 3.25. The van der Waals surface area contributed by atoms with Gasteiger partial charge in [0.1, 0.15) is 0 Å². The molecule has 0 heterocycles. The monoisotopic (exact) mass is 251 g/mol. The third kappa shape index (κ3) is 2.81. The molecule has 2 aromatic carbocycles. The molecule has 0 amide bonds. The Morgan fingerprint density at radius 1 is 1.00 bits per heavy atom. The third-order valence-corrected chi connectivity index (χ3v) is 3.96. The van der Waals surface area contributed by atoms with E-state index in [-0.39, 0.29) is 0 Å². The Balaban J connectivity index is 1.88. The van der Waals surface area contributed by atoms with Crippen molar-refractivity contribution in [1.29, 1.82) is 0 Å². The summed E-state index contributed by atoms with van der Waals surface area (Å²) in [4.78, 5) is 0. The van der Waals surface area contributed by atoms with Gasteiger partial charge < -0.3 is 5.32 Å². The number of rotatable bonds is 4. The van der Waals surface area contributed by atoms with Crippen LogP contribution in [0, 0.1) is 19.8 Å². The van der Waals surface area contributed by atoms with Crippen LogP contribution in [0.3, 0.4) is 0 Å². The quantitative estimate of drug-likeness (QED) is 0.817. The number of aryl methyl sites for hydroxylation is 2. The lowest BCUT2D eigenvalue weighted by molar-refractivity contribution is 0.678. The Labute approximate surface area is 115 Å². The molecule has 0 aromatic heterocycles. The molecule has 1 fully saturated rings. The van der Waals surface area contributed by atoms with Crippen molar-refractivity contribution in [2.45, 2.75) is 32.7 Å². The number of nitrogens with one attached hydrogen (secondary N) is 1. The summed E-state index contributed by atoms with van der Waals surface area (Å²) < 4.78 is 0. The van der Waals surface area contributed by atoms with Crippen LogP contribution < -0.4 is 5.32 Å². The second kappa shape index (κ2) is 5.08. The van der Waals surface area contributed by atoms with Crippen molar-refractivity contribution in [2.24, 2.45) is 5.92 Å². The first-order valence-corrected chi connectivity index (χ1v) is 7.13. The molecule has 1 nitrogen and oxygen atoms in total. The van der Waals surface area contributed by atoms with Crippen LogP contribution in [0.15, 0.2) is 48.5 Å². The van der Waals surface area contributed by atoms with Gasteiger partial charge in [-0.25, -0.2) is 0 Å². The first-order chi connectivity index (χ1) is 9.24. The van der Waals surface area contributed by atoms with Crippen molar-refractivity contribution < 1.29 is 0 Å². The molecule has 1 heteroatoms. The molecule has 1 unspecified atom stereocenters. The number of anilines is 1. The van der Waals surface area contributed by atoms with Crippen LogP contribution in [0.5, 0.6) is 0 Å². The highest BCUT2D eigenvalue weighted by Gasteiger charge is 2.32. The number of benzene rings is 2. The minimum atomic E-state index is 0.460. The van der Waals surface area contributed by atoms with Crippen LogP contribution in [0.25, 0.3) is 0 Å². The summed E-state index contributed by atoms with van der Waals surface area (Å²) in [7, 11) is 0. The van der Waals surface area contributed by atoms with Crippen molar-refractivity contribution >= 4 is 5.69 Å². The van der Waals surface area contributed by atoms with Crippen molar-refractivity contribution in [2.75, 3.05) is 5.32 Å². The van der Waals surface area contributed by atoms with Crippen LogP contribution >= 0.6 is 0 Å².